The molecule has 0 aromatic heterocycles. The summed E-state index contributed by atoms with van der Waals surface area (Å²) in [5.74, 6) is 0.969. The molecule has 0 spiro atoms. The number of rotatable bonds is 7. The van der Waals surface area contributed by atoms with E-state index in [2.05, 4.69) is 110 Å². The van der Waals surface area contributed by atoms with Gasteiger partial charge < -0.3 is 4.74 Å². The number of fused-ring (bicyclic) bond motifs is 3. The summed E-state index contributed by atoms with van der Waals surface area (Å²) in [4.78, 5) is 2.72. The molecule has 2 atom stereocenters. The van der Waals surface area contributed by atoms with Crippen molar-refractivity contribution in [3.8, 4) is 0 Å². The van der Waals surface area contributed by atoms with E-state index in [1.165, 1.54) is 53.4 Å². The van der Waals surface area contributed by atoms with Gasteiger partial charge in [-0.05, 0) is 55.5 Å². The average Bonchev–Trinajstić information content (AvgIpc) is 2.84. The van der Waals surface area contributed by atoms with E-state index < -0.39 is 8.07 Å². The van der Waals surface area contributed by atoms with E-state index in [0.717, 1.165) is 0 Å². The van der Waals surface area contributed by atoms with Crippen molar-refractivity contribution in [3.63, 3.8) is 0 Å². The van der Waals surface area contributed by atoms with Gasteiger partial charge in [0.15, 0.2) is 0 Å². The van der Waals surface area contributed by atoms with Crippen LogP contribution in [0.5, 0.6) is 0 Å². The van der Waals surface area contributed by atoms with Gasteiger partial charge >= 0.3 is 0 Å². The summed E-state index contributed by atoms with van der Waals surface area (Å²) in [6.07, 6.45) is 2.76. The topological polar surface area (TPSA) is 12.5 Å². The maximum absolute atomic E-state index is 6.94. The van der Waals surface area contributed by atoms with E-state index in [9.17, 15) is 0 Å². The minimum atomic E-state index is -1.36. The quantitative estimate of drug-likeness (QED) is 0.374. The Balaban J connectivity index is 1.47. The highest BCUT2D eigenvalue weighted by Crippen LogP contribution is 2.43. The van der Waals surface area contributed by atoms with Crippen LogP contribution in [0.3, 0.4) is 0 Å². The van der Waals surface area contributed by atoms with E-state index >= 15 is 0 Å². The molecule has 2 nitrogen and oxygen atoms in total. The zero-order valence-corrected chi connectivity index (χ0v) is 22.2. The zero-order valence-electron chi connectivity index (χ0n) is 21.2. The van der Waals surface area contributed by atoms with Gasteiger partial charge in [-0.1, -0.05) is 109 Å². The van der Waals surface area contributed by atoms with E-state index in [1.807, 2.05) is 0 Å². The highest BCUT2D eigenvalue weighted by atomic mass is 28.3. The molecule has 3 aromatic rings. The molecule has 0 N–H and O–H groups in total. The van der Waals surface area contributed by atoms with Gasteiger partial charge in [-0.2, -0.15) is 0 Å². The summed E-state index contributed by atoms with van der Waals surface area (Å²) in [5, 5.41) is 1.53. The van der Waals surface area contributed by atoms with Gasteiger partial charge in [0.05, 0.1) is 20.8 Å². The largest absolute Gasteiger partial charge is 0.372 e. The van der Waals surface area contributed by atoms with Crippen LogP contribution in [0, 0.1) is 12.8 Å². The van der Waals surface area contributed by atoms with E-state index in [4.69, 9.17) is 4.74 Å². The first-order valence-electron chi connectivity index (χ1n) is 13.0. The Labute approximate surface area is 207 Å². The zero-order chi connectivity index (χ0) is 23.7. The molecule has 0 amide bonds. The first kappa shape index (κ1) is 23.5. The van der Waals surface area contributed by atoms with Gasteiger partial charge in [0.2, 0.25) is 0 Å². The molecule has 0 aliphatic carbocycles. The molecular formula is C31H39NOSi. The second-order valence-electron chi connectivity index (χ2n) is 11.4. The molecule has 0 saturated carbocycles. The number of aryl methyl sites for hydroxylation is 1. The number of nitrogens with zero attached hydrogens (tertiary/aromatic N) is 1. The molecule has 34 heavy (non-hydrogen) atoms. The summed E-state index contributed by atoms with van der Waals surface area (Å²) < 4.78 is 6.94. The number of hydrogen-bond acceptors (Lipinski definition) is 2. The van der Waals surface area contributed by atoms with Crippen LogP contribution in [0.2, 0.25) is 19.6 Å². The number of piperidine rings is 3. The third kappa shape index (κ3) is 4.93. The predicted molar refractivity (Wildman–Crippen MR) is 146 cm³/mol. The second kappa shape index (κ2) is 9.81. The molecule has 3 heterocycles. The van der Waals surface area contributed by atoms with Crippen LogP contribution in [0.25, 0.3) is 0 Å². The molecule has 3 aliphatic heterocycles. The van der Waals surface area contributed by atoms with Crippen LogP contribution in [0.15, 0.2) is 78.9 Å². The third-order valence-electron chi connectivity index (χ3n) is 7.90. The highest BCUT2D eigenvalue weighted by Gasteiger charge is 2.47. The van der Waals surface area contributed by atoms with Crippen molar-refractivity contribution >= 4 is 13.3 Å². The summed E-state index contributed by atoms with van der Waals surface area (Å²) in [5.41, 5.74) is 5.49. The van der Waals surface area contributed by atoms with Gasteiger partial charge in [-0.15, -0.1) is 0 Å². The molecule has 0 radical (unpaired) electrons. The van der Waals surface area contributed by atoms with Gasteiger partial charge in [-0.3, -0.25) is 4.90 Å². The lowest BCUT2D eigenvalue weighted by Gasteiger charge is -2.53. The smallest absolute Gasteiger partial charge is 0.0776 e. The van der Waals surface area contributed by atoms with Crippen molar-refractivity contribution in [2.75, 3.05) is 13.1 Å². The van der Waals surface area contributed by atoms with E-state index in [1.54, 1.807) is 0 Å². The van der Waals surface area contributed by atoms with Crippen molar-refractivity contribution in [2.45, 2.75) is 64.1 Å². The molecule has 178 valence electrons. The maximum atomic E-state index is 6.94. The summed E-state index contributed by atoms with van der Waals surface area (Å²) in [6, 6.07) is 29.7. The lowest BCUT2D eigenvalue weighted by molar-refractivity contribution is -0.120. The first-order chi connectivity index (χ1) is 16.4. The molecule has 0 unspecified atom stereocenters. The number of benzene rings is 3. The molecule has 3 saturated heterocycles. The Hall–Kier alpha value is -2.20. The highest BCUT2D eigenvalue weighted by molar-refractivity contribution is 6.88. The second-order valence-corrected chi connectivity index (χ2v) is 16.5. The van der Waals surface area contributed by atoms with Crippen molar-refractivity contribution in [1.82, 2.24) is 4.90 Å². The number of hydrogen-bond donors (Lipinski definition) is 0. The average molecular weight is 470 g/mol. The van der Waals surface area contributed by atoms with Crippen LogP contribution in [-0.2, 0) is 11.3 Å². The van der Waals surface area contributed by atoms with E-state index in [0.29, 0.717) is 24.5 Å². The first-order valence-corrected chi connectivity index (χ1v) is 16.5. The summed E-state index contributed by atoms with van der Waals surface area (Å²) in [7, 11) is -1.36. The van der Waals surface area contributed by atoms with Crippen molar-refractivity contribution in [1.29, 1.82) is 0 Å². The normalized spacial score (nSPS) is 24.5. The SMILES string of the molecule is Cc1cc(CO[C@@H]2C3CCN(CC3)[C@@H]2C(c2ccccc2)c2ccccc2)cc([Si](C)(C)C)c1. The van der Waals surface area contributed by atoms with Crippen molar-refractivity contribution < 1.29 is 4.74 Å². The molecule has 2 bridgehead atoms. The molecule has 3 aromatic carbocycles. The standard InChI is InChI=1S/C31H39NOSi/c1-23-19-24(21-28(20-23)34(2,3)4)22-33-31-27-15-17-32(18-16-27)30(31)29(25-11-7-5-8-12-25)26-13-9-6-10-14-26/h5-14,19-21,27,29-31H,15-18,22H2,1-4H3/t30-,31-/m1/s1. The van der Waals surface area contributed by atoms with Crippen molar-refractivity contribution in [2.24, 2.45) is 5.92 Å². The van der Waals surface area contributed by atoms with Crippen molar-refractivity contribution in [3.05, 3.63) is 101 Å². The molecule has 3 heteroatoms. The summed E-state index contributed by atoms with van der Waals surface area (Å²) >= 11 is 0. The van der Waals surface area contributed by atoms with Crippen LogP contribution in [0.4, 0.5) is 0 Å². The van der Waals surface area contributed by atoms with Crippen LogP contribution >= 0.6 is 0 Å². The fraction of sp³-hybridized carbons (Fsp3) is 0.419. The Bertz CT molecular complexity index is 1040. The molecule has 6 rings (SSSR count). The van der Waals surface area contributed by atoms with Gasteiger partial charge in [0.25, 0.3) is 0 Å². The minimum Gasteiger partial charge on any atom is -0.372 e. The Kier molecular flexibility index (Phi) is 6.79. The minimum absolute atomic E-state index is 0.253. The lowest BCUT2D eigenvalue weighted by Crippen LogP contribution is -2.60. The van der Waals surface area contributed by atoms with Crippen LogP contribution in [-0.4, -0.2) is 38.2 Å². The fourth-order valence-corrected chi connectivity index (χ4v) is 7.43. The van der Waals surface area contributed by atoms with Crippen LogP contribution < -0.4 is 5.19 Å². The molecule has 3 aliphatic rings. The third-order valence-corrected chi connectivity index (χ3v) is 9.92. The lowest BCUT2D eigenvalue weighted by atomic mass is 9.72. The Morgan fingerprint density at radius 1 is 0.853 bits per heavy atom. The predicted octanol–water partition coefficient (Wildman–Crippen LogP) is 6.35. The van der Waals surface area contributed by atoms with Gasteiger partial charge in [0.1, 0.15) is 0 Å². The van der Waals surface area contributed by atoms with Gasteiger partial charge in [0, 0.05) is 12.0 Å². The maximum Gasteiger partial charge on any atom is 0.0776 e. The fourth-order valence-electron chi connectivity index (χ4n) is 6.15. The monoisotopic (exact) mass is 469 g/mol. The van der Waals surface area contributed by atoms with Crippen LogP contribution in [0.1, 0.15) is 41.0 Å². The van der Waals surface area contributed by atoms with Gasteiger partial charge in [-0.25, -0.2) is 0 Å². The Morgan fingerprint density at radius 2 is 1.44 bits per heavy atom. The summed E-state index contributed by atoms with van der Waals surface area (Å²) in [6.45, 7) is 12.6. The number of ether oxygens (including phenoxy) is 1. The Morgan fingerprint density at radius 3 is 2.00 bits per heavy atom. The molecular weight excluding hydrogens is 430 g/mol. The van der Waals surface area contributed by atoms with E-state index in [-0.39, 0.29) is 6.10 Å². The molecule has 3 fully saturated rings.